The molecule has 2 aromatic heterocycles. The minimum Gasteiger partial charge on any atom is -0.295 e. The fourth-order valence-corrected chi connectivity index (χ4v) is 3.91. The van der Waals surface area contributed by atoms with Crippen molar-refractivity contribution in [3.63, 3.8) is 0 Å². The van der Waals surface area contributed by atoms with Crippen LogP contribution in [0.4, 0.5) is 5.13 Å². The lowest BCUT2D eigenvalue weighted by Crippen LogP contribution is -2.12. The number of hydrogen-bond donors (Lipinski definition) is 1. The van der Waals surface area contributed by atoms with Crippen LogP contribution in [0.25, 0.3) is 0 Å². The van der Waals surface area contributed by atoms with Crippen LogP contribution >= 0.6 is 34.6 Å². The minimum absolute atomic E-state index is 0.286. The second-order valence-corrected chi connectivity index (χ2v) is 7.14. The van der Waals surface area contributed by atoms with Gasteiger partial charge in [0.2, 0.25) is 5.13 Å². The summed E-state index contributed by atoms with van der Waals surface area (Å²) >= 11 is 4.08. The predicted molar refractivity (Wildman–Crippen MR) is 88.5 cm³/mol. The molecule has 0 saturated heterocycles. The van der Waals surface area contributed by atoms with Crippen molar-refractivity contribution in [1.29, 1.82) is 0 Å². The third kappa shape index (κ3) is 3.67. The van der Waals surface area contributed by atoms with Gasteiger partial charge in [0, 0.05) is 11.1 Å². The van der Waals surface area contributed by atoms with Gasteiger partial charge in [-0.3, -0.25) is 10.1 Å². The Hall–Kier alpha value is -1.84. The Balaban J connectivity index is 1.60. The second kappa shape index (κ2) is 6.95. The van der Waals surface area contributed by atoms with Gasteiger partial charge in [0.1, 0.15) is 0 Å². The van der Waals surface area contributed by atoms with Crippen LogP contribution in [-0.4, -0.2) is 25.7 Å². The van der Waals surface area contributed by atoms with Gasteiger partial charge in [-0.1, -0.05) is 51.9 Å². The van der Waals surface area contributed by atoms with Gasteiger partial charge in [-0.05, 0) is 29.6 Å². The molecule has 0 aliphatic carbocycles. The standard InChI is InChI=1S/C13H11N5OS3/c1-8-4-2-3-5-9(8)6-20-13-17-16-12(22-13)14-11(19)10-7-21-18-15-10/h2-5,7H,6H2,1H3,(H,14,16,19). The van der Waals surface area contributed by atoms with Gasteiger partial charge < -0.3 is 0 Å². The molecule has 1 aromatic carbocycles. The highest BCUT2D eigenvalue weighted by molar-refractivity contribution is 8.00. The molecule has 0 spiro atoms. The number of amides is 1. The Morgan fingerprint density at radius 1 is 1.27 bits per heavy atom. The van der Waals surface area contributed by atoms with Crippen molar-refractivity contribution >= 4 is 45.7 Å². The molecule has 1 N–H and O–H groups in total. The lowest BCUT2D eigenvalue weighted by atomic mass is 10.1. The van der Waals surface area contributed by atoms with E-state index in [4.69, 9.17) is 0 Å². The van der Waals surface area contributed by atoms with E-state index in [1.807, 2.05) is 12.1 Å². The first-order chi connectivity index (χ1) is 10.7. The van der Waals surface area contributed by atoms with Crippen molar-refractivity contribution in [2.75, 3.05) is 5.32 Å². The van der Waals surface area contributed by atoms with Gasteiger partial charge in [0.05, 0.1) is 0 Å². The number of carbonyl (C=O) groups is 1. The molecule has 112 valence electrons. The molecule has 1 amide bonds. The fourth-order valence-electron chi connectivity index (χ4n) is 1.65. The van der Waals surface area contributed by atoms with Crippen LogP contribution in [0.2, 0.25) is 0 Å². The molecule has 0 saturated carbocycles. The number of aryl methyl sites for hydroxylation is 1. The van der Waals surface area contributed by atoms with Gasteiger partial charge in [-0.25, -0.2) is 0 Å². The summed E-state index contributed by atoms with van der Waals surface area (Å²) < 4.78 is 4.47. The zero-order valence-corrected chi connectivity index (χ0v) is 14.0. The molecule has 0 aliphatic rings. The van der Waals surface area contributed by atoms with Crippen LogP contribution in [0, 0.1) is 6.92 Å². The predicted octanol–water partition coefficient (Wildman–Crippen LogP) is 3.24. The summed E-state index contributed by atoms with van der Waals surface area (Å²) in [7, 11) is 0. The molecule has 3 aromatic rings. The first kappa shape index (κ1) is 15.1. The quantitative estimate of drug-likeness (QED) is 0.562. The number of anilines is 1. The monoisotopic (exact) mass is 349 g/mol. The van der Waals surface area contributed by atoms with Gasteiger partial charge in [0.15, 0.2) is 10.0 Å². The maximum atomic E-state index is 11.8. The highest BCUT2D eigenvalue weighted by Crippen LogP contribution is 2.29. The third-order valence-corrected chi connectivity index (χ3v) is 5.36. The smallest absolute Gasteiger partial charge is 0.278 e. The maximum Gasteiger partial charge on any atom is 0.278 e. The molecule has 0 radical (unpaired) electrons. The molecule has 2 heterocycles. The van der Waals surface area contributed by atoms with E-state index in [-0.39, 0.29) is 11.6 Å². The molecule has 0 aliphatic heterocycles. The highest BCUT2D eigenvalue weighted by atomic mass is 32.2. The first-order valence-electron chi connectivity index (χ1n) is 6.31. The minimum atomic E-state index is -0.319. The van der Waals surface area contributed by atoms with Gasteiger partial charge in [-0.15, -0.1) is 15.3 Å². The lowest BCUT2D eigenvalue weighted by molar-refractivity contribution is 0.102. The van der Waals surface area contributed by atoms with Crippen LogP contribution < -0.4 is 5.32 Å². The number of nitrogens with one attached hydrogen (secondary N) is 1. The summed E-state index contributed by atoms with van der Waals surface area (Å²) in [5.74, 6) is 0.506. The molecular weight excluding hydrogens is 338 g/mol. The topological polar surface area (TPSA) is 80.7 Å². The van der Waals surface area contributed by atoms with Crippen molar-refractivity contribution < 1.29 is 4.79 Å². The molecule has 6 nitrogen and oxygen atoms in total. The van der Waals surface area contributed by atoms with E-state index in [0.717, 1.165) is 21.6 Å². The number of aromatic nitrogens is 4. The summed E-state index contributed by atoms with van der Waals surface area (Å²) in [6.07, 6.45) is 0. The third-order valence-electron chi connectivity index (χ3n) is 2.83. The summed E-state index contributed by atoms with van der Waals surface area (Å²) in [4.78, 5) is 11.8. The van der Waals surface area contributed by atoms with E-state index in [2.05, 4.69) is 44.2 Å². The van der Waals surface area contributed by atoms with Gasteiger partial charge in [-0.2, -0.15) is 0 Å². The zero-order valence-electron chi connectivity index (χ0n) is 11.5. The van der Waals surface area contributed by atoms with Crippen LogP contribution in [0.5, 0.6) is 0 Å². The van der Waals surface area contributed by atoms with Crippen molar-refractivity contribution in [3.8, 4) is 0 Å². The SMILES string of the molecule is Cc1ccccc1CSc1nnc(NC(=O)c2csnn2)s1. The van der Waals surface area contributed by atoms with E-state index in [1.165, 1.54) is 22.5 Å². The Labute approximate surface area is 139 Å². The van der Waals surface area contributed by atoms with Gasteiger partial charge >= 0.3 is 0 Å². The highest BCUT2D eigenvalue weighted by Gasteiger charge is 2.12. The van der Waals surface area contributed by atoms with E-state index in [0.29, 0.717) is 5.13 Å². The summed E-state index contributed by atoms with van der Waals surface area (Å²) in [5, 5.41) is 16.5. The average molecular weight is 349 g/mol. The number of carbonyl (C=O) groups excluding carboxylic acids is 1. The van der Waals surface area contributed by atoms with Crippen molar-refractivity contribution in [1.82, 2.24) is 19.8 Å². The number of thioether (sulfide) groups is 1. The maximum absolute atomic E-state index is 11.8. The normalized spacial score (nSPS) is 10.6. The molecular formula is C13H11N5OS3. The number of nitrogens with zero attached hydrogens (tertiary/aromatic N) is 4. The van der Waals surface area contributed by atoms with Crippen LogP contribution in [0.15, 0.2) is 34.0 Å². The Bertz CT molecular complexity index is 772. The molecule has 3 rings (SSSR count). The van der Waals surface area contributed by atoms with Crippen LogP contribution in [0.1, 0.15) is 21.6 Å². The molecule has 22 heavy (non-hydrogen) atoms. The van der Waals surface area contributed by atoms with E-state index in [1.54, 1.807) is 17.1 Å². The van der Waals surface area contributed by atoms with E-state index in [9.17, 15) is 4.79 Å². The fraction of sp³-hybridized carbons (Fsp3) is 0.154. The van der Waals surface area contributed by atoms with Crippen LogP contribution in [0.3, 0.4) is 0 Å². The summed E-state index contributed by atoms with van der Waals surface area (Å²) in [5.41, 5.74) is 2.81. The molecule has 0 unspecified atom stereocenters. The molecule has 0 atom stereocenters. The second-order valence-electron chi connectivity index (χ2n) is 4.33. The molecule has 0 fully saturated rings. The molecule has 0 bridgehead atoms. The largest absolute Gasteiger partial charge is 0.295 e. The lowest BCUT2D eigenvalue weighted by Gasteiger charge is -2.02. The zero-order chi connectivity index (χ0) is 15.4. The molecule has 9 heteroatoms. The first-order valence-corrected chi connectivity index (χ1v) is 8.95. The summed E-state index contributed by atoms with van der Waals surface area (Å²) in [6.45, 7) is 2.09. The van der Waals surface area contributed by atoms with Crippen molar-refractivity contribution in [2.45, 2.75) is 17.0 Å². The van der Waals surface area contributed by atoms with E-state index < -0.39 is 0 Å². The Morgan fingerprint density at radius 2 is 2.14 bits per heavy atom. The Morgan fingerprint density at radius 3 is 2.91 bits per heavy atom. The number of hydrogen-bond acceptors (Lipinski definition) is 8. The van der Waals surface area contributed by atoms with Crippen molar-refractivity contribution in [2.24, 2.45) is 0 Å². The number of rotatable bonds is 5. The van der Waals surface area contributed by atoms with Crippen molar-refractivity contribution in [3.05, 3.63) is 46.5 Å². The van der Waals surface area contributed by atoms with Gasteiger partial charge in [0.25, 0.3) is 5.91 Å². The number of benzene rings is 1. The average Bonchev–Trinajstić information content (AvgIpc) is 3.18. The summed E-state index contributed by atoms with van der Waals surface area (Å²) in [6, 6.07) is 8.23. The van der Waals surface area contributed by atoms with Crippen LogP contribution in [-0.2, 0) is 5.75 Å². The van der Waals surface area contributed by atoms with E-state index >= 15 is 0 Å². The Kier molecular flexibility index (Phi) is 4.76.